The van der Waals surface area contributed by atoms with Gasteiger partial charge in [-0.1, -0.05) is 66.6 Å². The summed E-state index contributed by atoms with van der Waals surface area (Å²) in [7, 11) is 0. The van der Waals surface area contributed by atoms with Gasteiger partial charge in [0, 0.05) is 5.41 Å². The number of allylic oxidation sites excluding steroid dienone is 1. The van der Waals surface area contributed by atoms with Crippen molar-refractivity contribution in [2.75, 3.05) is 0 Å². The molecule has 0 heteroatoms. The fourth-order valence-corrected chi connectivity index (χ4v) is 3.85. The highest BCUT2D eigenvalue weighted by molar-refractivity contribution is 5.82. The molecule has 0 aromatic heterocycles. The van der Waals surface area contributed by atoms with Crippen LogP contribution in [0.4, 0.5) is 0 Å². The first-order valence-electron chi connectivity index (χ1n) is 7.04. The van der Waals surface area contributed by atoms with Crippen LogP contribution in [-0.4, -0.2) is 0 Å². The van der Waals surface area contributed by atoms with Gasteiger partial charge < -0.3 is 0 Å². The normalized spacial score (nSPS) is 26.7. The third-order valence-corrected chi connectivity index (χ3v) is 4.94. The Balaban J connectivity index is 1.93. The van der Waals surface area contributed by atoms with E-state index in [-0.39, 0.29) is 5.41 Å². The summed E-state index contributed by atoms with van der Waals surface area (Å²) in [4.78, 5) is 0. The molecule has 2 aliphatic carbocycles. The molecule has 2 aromatic carbocycles. The Hall–Kier alpha value is -1.82. The third kappa shape index (κ3) is 1.24. The van der Waals surface area contributed by atoms with Crippen LogP contribution < -0.4 is 0 Å². The zero-order chi connectivity index (χ0) is 13.2. The van der Waals surface area contributed by atoms with E-state index in [0.717, 1.165) is 0 Å². The SMILES string of the molecule is Cc1ccc([C@@]23C(=Cc4cc(C)ccc42)[C@@H]3C)cc1. The van der Waals surface area contributed by atoms with Gasteiger partial charge in [0.15, 0.2) is 0 Å². The molecule has 0 spiro atoms. The summed E-state index contributed by atoms with van der Waals surface area (Å²) in [5.41, 5.74) is 8.86. The maximum Gasteiger partial charge on any atom is 0.0486 e. The summed E-state index contributed by atoms with van der Waals surface area (Å²) in [5, 5.41) is 0. The molecule has 0 unspecified atom stereocenters. The molecule has 2 atom stereocenters. The van der Waals surface area contributed by atoms with Crippen LogP contribution in [-0.2, 0) is 5.41 Å². The standard InChI is InChI=1S/C19H18/c1-12-4-7-16(8-5-12)19-14(3)18(19)11-15-10-13(2)6-9-17(15)19/h4-11,14H,1-3H3/t14-,19+/m0/s1. The second-order valence-electron chi connectivity index (χ2n) is 6.09. The highest BCUT2D eigenvalue weighted by Gasteiger charge is 2.62. The van der Waals surface area contributed by atoms with Crippen LogP contribution in [0.1, 0.15) is 34.7 Å². The molecule has 0 N–H and O–H groups in total. The molecule has 0 bridgehead atoms. The third-order valence-electron chi connectivity index (χ3n) is 4.94. The Morgan fingerprint density at radius 1 is 0.895 bits per heavy atom. The van der Waals surface area contributed by atoms with E-state index in [1.807, 2.05) is 0 Å². The average Bonchev–Trinajstić information content (AvgIpc) is 2.82. The van der Waals surface area contributed by atoms with Gasteiger partial charge in [0.05, 0.1) is 0 Å². The largest absolute Gasteiger partial charge is 0.0590 e. The zero-order valence-corrected chi connectivity index (χ0v) is 11.7. The summed E-state index contributed by atoms with van der Waals surface area (Å²) < 4.78 is 0. The van der Waals surface area contributed by atoms with Gasteiger partial charge in [0.1, 0.15) is 0 Å². The Morgan fingerprint density at radius 3 is 2.32 bits per heavy atom. The predicted octanol–water partition coefficient (Wildman–Crippen LogP) is 4.64. The number of benzene rings is 2. The fraction of sp³-hybridized carbons (Fsp3) is 0.263. The Labute approximate surface area is 114 Å². The Kier molecular flexibility index (Phi) is 1.97. The van der Waals surface area contributed by atoms with E-state index in [2.05, 4.69) is 69.3 Å². The number of hydrogen-bond donors (Lipinski definition) is 0. The molecule has 0 radical (unpaired) electrons. The minimum atomic E-state index is 0.191. The van der Waals surface area contributed by atoms with Crippen LogP contribution in [0.5, 0.6) is 0 Å². The van der Waals surface area contributed by atoms with Crippen molar-refractivity contribution in [3.63, 3.8) is 0 Å². The first-order chi connectivity index (χ1) is 9.14. The van der Waals surface area contributed by atoms with E-state index in [4.69, 9.17) is 0 Å². The van der Waals surface area contributed by atoms with E-state index < -0.39 is 0 Å². The van der Waals surface area contributed by atoms with E-state index in [1.54, 1.807) is 5.57 Å². The van der Waals surface area contributed by atoms with E-state index in [1.165, 1.54) is 27.8 Å². The highest BCUT2D eigenvalue weighted by atomic mass is 14.6. The zero-order valence-electron chi connectivity index (χ0n) is 11.7. The van der Waals surface area contributed by atoms with Crippen molar-refractivity contribution in [3.8, 4) is 0 Å². The fourth-order valence-electron chi connectivity index (χ4n) is 3.85. The van der Waals surface area contributed by atoms with Gasteiger partial charge in [-0.15, -0.1) is 0 Å². The van der Waals surface area contributed by atoms with Gasteiger partial charge in [0.2, 0.25) is 0 Å². The second-order valence-corrected chi connectivity index (χ2v) is 6.09. The quantitative estimate of drug-likeness (QED) is 0.688. The van der Waals surface area contributed by atoms with Crippen LogP contribution in [0.2, 0.25) is 0 Å². The van der Waals surface area contributed by atoms with E-state index >= 15 is 0 Å². The highest BCUT2D eigenvalue weighted by Crippen LogP contribution is 2.68. The molecule has 1 saturated carbocycles. The molecular formula is C19H18. The summed E-state index contributed by atoms with van der Waals surface area (Å²) in [6.45, 7) is 6.68. The Bertz CT molecular complexity index is 703. The van der Waals surface area contributed by atoms with Crippen molar-refractivity contribution in [2.45, 2.75) is 26.2 Å². The van der Waals surface area contributed by atoms with Crippen molar-refractivity contribution in [1.82, 2.24) is 0 Å². The minimum absolute atomic E-state index is 0.191. The molecule has 0 amide bonds. The van der Waals surface area contributed by atoms with E-state index in [0.29, 0.717) is 5.92 Å². The van der Waals surface area contributed by atoms with Gasteiger partial charge in [0.25, 0.3) is 0 Å². The van der Waals surface area contributed by atoms with Crippen molar-refractivity contribution >= 4 is 6.08 Å². The van der Waals surface area contributed by atoms with Crippen molar-refractivity contribution in [1.29, 1.82) is 0 Å². The lowest BCUT2D eigenvalue weighted by Gasteiger charge is -2.18. The molecule has 2 aliphatic rings. The summed E-state index contributed by atoms with van der Waals surface area (Å²) >= 11 is 0. The number of fused-ring (bicyclic) bond motifs is 3. The second kappa shape index (κ2) is 3.39. The molecule has 4 rings (SSSR count). The predicted molar refractivity (Wildman–Crippen MR) is 80.3 cm³/mol. The molecule has 0 heterocycles. The van der Waals surface area contributed by atoms with Gasteiger partial charge in [-0.25, -0.2) is 0 Å². The lowest BCUT2D eigenvalue weighted by molar-refractivity contribution is 0.751. The molecule has 0 nitrogen and oxygen atoms in total. The molecule has 94 valence electrons. The topological polar surface area (TPSA) is 0 Å². The van der Waals surface area contributed by atoms with Crippen molar-refractivity contribution < 1.29 is 0 Å². The molecule has 0 aliphatic heterocycles. The summed E-state index contributed by atoms with van der Waals surface area (Å²) in [6, 6.07) is 16.0. The Morgan fingerprint density at radius 2 is 1.58 bits per heavy atom. The van der Waals surface area contributed by atoms with Gasteiger partial charge >= 0.3 is 0 Å². The van der Waals surface area contributed by atoms with Gasteiger partial charge in [-0.2, -0.15) is 0 Å². The first kappa shape index (κ1) is 11.0. The van der Waals surface area contributed by atoms with Crippen molar-refractivity contribution in [2.24, 2.45) is 5.92 Å². The molecule has 0 saturated heterocycles. The molecule has 1 fully saturated rings. The van der Waals surface area contributed by atoms with E-state index in [9.17, 15) is 0 Å². The van der Waals surface area contributed by atoms with Crippen LogP contribution in [0.15, 0.2) is 48.0 Å². The van der Waals surface area contributed by atoms with Gasteiger partial charge in [-0.05, 0) is 42.0 Å². The maximum atomic E-state index is 2.41. The first-order valence-corrected chi connectivity index (χ1v) is 7.04. The van der Waals surface area contributed by atoms with Crippen LogP contribution in [0, 0.1) is 19.8 Å². The van der Waals surface area contributed by atoms with Crippen LogP contribution in [0.25, 0.3) is 6.08 Å². The van der Waals surface area contributed by atoms with Crippen LogP contribution in [0.3, 0.4) is 0 Å². The molecular weight excluding hydrogens is 228 g/mol. The monoisotopic (exact) mass is 246 g/mol. The average molecular weight is 246 g/mol. The van der Waals surface area contributed by atoms with Crippen molar-refractivity contribution in [3.05, 3.63) is 75.9 Å². The molecule has 2 aromatic rings. The lowest BCUT2D eigenvalue weighted by Crippen LogP contribution is -2.11. The summed E-state index contributed by atoms with van der Waals surface area (Å²) in [6.07, 6.45) is 2.41. The smallest absolute Gasteiger partial charge is 0.0486 e. The summed E-state index contributed by atoms with van der Waals surface area (Å²) in [5.74, 6) is 0.658. The van der Waals surface area contributed by atoms with Gasteiger partial charge in [-0.3, -0.25) is 0 Å². The number of aryl methyl sites for hydroxylation is 2. The lowest BCUT2D eigenvalue weighted by atomic mass is 9.84. The number of hydrogen-bond acceptors (Lipinski definition) is 0. The molecule has 19 heavy (non-hydrogen) atoms. The maximum absolute atomic E-state index is 2.41. The van der Waals surface area contributed by atoms with Crippen LogP contribution >= 0.6 is 0 Å². The minimum Gasteiger partial charge on any atom is -0.0590 e. The number of rotatable bonds is 1.